The van der Waals surface area contributed by atoms with Crippen molar-refractivity contribution in [2.75, 3.05) is 26.7 Å². The standard InChI is InChI=1S/C17H29ClN2/c1-4-19-12-7-5-6-8-13-20(3)15(2)16-10-9-11-17(18)14-16/h9-11,14-15,19H,4-8,12-13H2,1-3H3. The van der Waals surface area contributed by atoms with Crippen LogP contribution in [0.2, 0.25) is 5.02 Å². The molecule has 0 aliphatic heterocycles. The summed E-state index contributed by atoms with van der Waals surface area (Å²) in [7, 11) is 2.20. The zero-order valence-electron chi connectivity index (χ0n) is 13.2. The van der Waals surface area contributed by atoms with Gasteiger partial charge < -0.3 is 5.32 Å². The Labute approximate surface area is 129 Å². The van der Waals surface area contributed by atoms with Gasteiger partial charge in [0.25, 0.3) is 0 Å². The Bertz CT molecular complexity index is 368. The fourth-order valence-electron chi connectivity index (χ4n) is 2.36. The molecular formula is C17H29ClN2. The van der Waals surface area contributed by atoms with Crippen LogP contribution in [0.4, 0.5) is 0 Å². The molecule has 1 aromatic carbocycles. The topological polar surface area (TPSA) is 15.3 Å². The van der Waals surface area contributed by atoms with Crippen molar-refractivity contribution in [2.45, 2.75) is 45.6 Å². The molecule has 0 saturated carbocycles. The Balaban J connectivity index is 2.20. The summed E-state index contributed by atoms with van der Waals surface area (Å²) in [5, 5.41) is 4.20. The second-order valence-electron chi connectivity index (χ2n) is 5.48. The second kappa shape index (κ2) is 10.2. The molecule has 0 aliphatic rings. The summed E-state index contributed by atoms with van der Waals surface area (Å²) in [6.07, 6.45) is 5.21. The molecule has 0 amide bonds. The number of halogens is 1. The van der Waals surface area contributed by atoms with Crippen LogP contribution in [0.5, 0.6) is 0 Å². The van der Waals surface area contributed by atoms with Crippen molar-refractivity contribution in [1.82, 2.24) is 10.2 Å². The summed E-state index contributed by atoms with van der Waals surface area (Å²) in [6, 6.07) is 8.61. The Kier molecular flexibility index (Phi) is 8.92. The number of nitrogens with zero attached hydrogens (tertiary/aromatic N) is 1. The Hall–Kier alpha value is -0.570. The third-order valence-corrected chi connectivity index (χ3v) is 4.09. The Morgan fingerprint density at radius 1 is 1.20 bits per heavy atom. The van der Waals surface area contributed by atoms with Gasteiger partial charge in [-0.25, -0.2) is 0 Å². The summed E-state index contributed by atoms with van der Waals surface area (Å²) in [4.78, 5) is 2.41. The molecule has 0 spiro atoms. The zero-order chi connectivity index (χ0) is 14.8. The lowest BCUT2D eigenvalue weighted by Crippen LogP contribution is -2.23. The molecule has 1 rings (SSSR count). The summed E-state index contributed by atoms with van der Waals surface area (Å²) < 4.78 is 0. The van der Waals surface area contributed by atoms with Crippen molar-refractivity contribution in [1.29, 1.82) is 0 Å². The van der Waals surface area contributed by atoms with Gasteiger partial charge in [0.1, 0.15) is 0 Å². The molecule has 0 saturated heterocycles. The number of hydrogen-bond acceptors (Lipinski definition) is 2. The first-order chi connectivity index (χ1) is 9.65. The third-order valence-electron chi connectivity index (χ3n) is 3.86. The monoisotopic (exact) mass is 296 g/mol. The van der Waals surface area contributed by atoms with Crippen molar-refractivity contribution >= 4 is 11.6 Å². The molecule has 3 heteroatoms. The van der Waals surface area contributed by atoms with E-state index in [0.29, 0.717) is 6.04 Å². The highest BCUT2D eigenvalue weighted by molar-refractivity contribution is 6.30. The van der Waals surface area contributed by atoms with Crippen molar-refractivity contribution in [3.05, 3.63) is 34.9 Å². The minimum atomic E-state index is 0.426. The van der Waals surface area contributed by atoms with Gasteiger partial charge >= 0.3 is 0 Å². The van der Waals surface area contributed by atoms with Crippen LogP contribution in [0.15, 0.2) is 24.3 Å². The minimum Gasteiger partial charge on any atom is -0.317 e. The minimum absolute atomic E-state index is 0.426. The van der Waals surface area contributed by atoms with Crippen LogP contribution in [0.25, 0.3) is 0 Å². The first-order valence-corrected chi connectivity index (χ1v) is 8.19. The van der Waals surface area contributed by atoms with Crippen molar-refractivity contribution in [3.63, 3.8) is 0 Å². The lowest BCUT2D eigenvalue weighted by Gasteiger charge is -2.25. The van der Waals surface area contributed by atoms with E-state index in [-0.39, 0.29) is 0 Å². The van der Waals surface area contributed by atoms with Gasteiger partial charge in [-0.3, -0.25) is 4.90 Å². The summed E-state index contributed by atoms with van der Waals surface area (Å²) in [5.41, 5.74) is 1.30. The van der Waals surface area contributed by atoms with Crippen LogP contribution < -0.4 is 5.32 Å². The van der Waals surface area contributed by atoms with E-state index in [1.165, 1.54) is 31.2 Å². The molecule has 1 aromatic rings. The number of hydrogen-bond donors (Lipinski definition) is 1. The van der Waals surface area contributed by atoms with E-state index in [1.54, 1.807) is 0 Å². The predicted molar refractivity (Wildman–Crippen MR) is 89.5 cm³/mol. The molecule has 0 bridgehead atoms. The fourth-order valence-corrected chi connectivity index (χ4v) is 2.55. The van der Waals surface area contributed by atoms with E-state index in [1.807, 2.05) is 12.1 Å². The second-order valence-corrected chi connectivity index (χ2v) is 5.92. The maximum absolute atomic E-state index is 6.06. The SMILES string of the molecule is CCNCCCCCCN(C)C(C)c1cccc(Cl)c1. The average molecular weight is 297 g/mol. The highest BCUT2D eigenvalue weighted by Gasteiger charge is 2.11. The average Bonchev–Trinajstić information content (AvgIpc) is 2.45. The van der Waals surface area contributed by atoms with Gasteiger partial charge in [-0.05, 0) is 64.1 Å². The lowest BCUT2D eigenvalue weighted by molar-refractivity contribution is 0.255. The molecule has 20 heavy (non-hydrogen) atoms. The molecule has 0 fully saturated rings. The van der Waals surface area contributed by atoms with Crippen molar-refractivity contribution in [2.24, 2.45) is 0 Å². The van der Waals surface area contributed by atoms with Gasteiger partial charge in [-0.15, -0.1) is 0 Å². The molecule has 1 unspecified atom stereocenters. The normalized spacial score (nSPS) is 12.8. The predicted octanol–water partition coefficient (Wildman–Crippen LogP) is 4.50. The van der Waals surface area contributed by atoms with Crippen LogP contribution in [0.3, 0.4) is 0 Å². The van der Waals surface area contributed by atoms with Gasteiger partial charge in [0, 0.05) is 11.1 Å². The van der Waals surface area contributed by atoms with Gasteiger partial charge in [-0.2, -0.15) is 0 Å². The highest BCUT2D eigenvalue weighted by Crippen LogP contribution is 2.22. The first kappa shape index (κ1) is 17.5. The Morgan fingerprint density at radius 2 is 1.95 bits per heavy atom. The molecule has 0 aromatic heterocycles. The maximum atomic E-state index is 6.06. The molecular weight excluding hydrogens is 268 g/mol. The van der Waals surface area contributed by atoms with Crippen LogP contribution in [0.1, 0.15) is 51.1 Å². The number of benzene rings is 1. The van der Waals surface area contributed by atoms with E-state index in [4.69, 9.17) is 11.6 Å². The number of unbranched alkanes of at least 4 members (excludes halogenated alkanes) is 3. The zero-order valence-corrected chi connectivity index (χ0v) is 13.9. The van der Waals surface area contributed by atoms with E-state index >= 15 is 0 Å². The summed E-state index contributed by atoms with van der Waals surface area (Å²) >= 11 is 6.06. The smallest absolute Gasteiger partial charge is 0.0409 e. The van der Waals surface area contributed by atoms with Crippen LogP contribution in [0, 0.1) is 0 Å². The first-order valence-electron chi connectivity index (χ1n) is 7.81. The number of rotatable bonds is 10. The van der Waals surface area contributed by atoms with Crippen molar-refractivity contribution < 1.29 is 0 Å². The van der Waals surface area contributed by atoms with Crippen LogP contribution >= 0.6 is 11.6 Å². The summed E-state index contributed by atoms with van der Waals surface area (Å²) in [5.74, 6) is 0. The third kappa shape index (κ3) is 6.74. The quantitative estimate of drug-likeness (QED) is 0.639. The molecule has 0 heterocycles. The van der Waals surface area contributed by atoms with E-state index in [0.717, 1.165) is 24.7 Å². The fraction of sp³-hybridized carbons (Fsp3) is 0.647. The van der Waals surface area contributed by atoms with Gasteiger partial charge in [0.15, 0.2) is 0 Å². The molecule has 1 atom stereocenters. The Morgan fingerprint density at radius 3 is 2.65 bits per heavy atom. The van der Waals surface area contributed by atoms with Gasteiger partial charge in [-0.1, -0.05) is 43.5 Å². The van der Waals surface area contributed by atoms with Crippen LogP contribution in [-0.2, 0) is 0 Å². The highest BCUT2D eigenvalue weighted by atomic mass is 35.5. The molecule has 2 nitrogen and oxygen atoms in total. The van der Waals surface area contributed by atoms with Gasteiger partial charge in [0.2, 0.25) is 0 Å². The van der Waals surface area contributed by atoms with Crippen LogP contribution in [-0.4, -0.2) is 31.6 Å². The van der Waals surface area contributed by atoms with Gasteiger partial charge in [0.05, 0.1) is 0 Å². The molecule has 0 aliphatic carbocycles. The molecule has 114 valence electrons. The maximum Gasteiger partial charge on any atom is 0.0409 e. The van der Waals surface area contributed by atoms with E-state index < -0.39 is 0 Å². The van der Waals surface area contributed by atoms with E-state index in [2.05, 4.69) is 43.2 Å². The summed E-state index contributed by atoms with van der Waals surface area (Å²) in [6.45, 7) is 7.79. The number of nitrogens with one attached hydrogen (secondary N) is 1. The largest absolute Gasteiger partial charge is 0.317 e. The lowest BCUT2D eigenvalue weighted by atomic mass is 10.1. The molecule has 0 radical (unpaired) electrons. The van der Waals surface area contributed by atoms with E-state index in [9.17, 15) is 0 Å². The van der Waals surface area contributed by atoms with Crippen molar-refractivity contribution in [3.8, 4) is 0 Å². The molecule has 1 N–H and O–H groups in total.